The van der Waals surface area contributed by atoms with Crippen molar-refractivity contribution in [3.05, 3.63) is 35.9 Å². The maximum absolute atomic E-state index is 11.3. The van der Waals surface area contributed by atoms with Crippen molar-refractivity contribution in [2.45, 2.75) is 6.42 Å². The summed E-state index contributed by atoms with van der Waals surface area (Å²) in [6.07, 6.45) is 0.106. The lowest BCUT2D eigenvalue weighted by Crippen LogP contribution is -2.14. The smallest absolute Gasteiger partial charge is 0.228 e. The summed E-state index contributed by atoms with van der Waals surface area (Å²) >= 11 is 5.35. The van der Waals surface area contributed by atoms with E-state index in [0.717, 1.165) is 0 Å². The molecule has 13 heavy (non-hydrogen) atoms. The molecule has 2 nitrogen and oxygen atoms in total. The molecule has 68 valence electrons. The number of rotatable bonds is 4. The molecule has 0 heterocycles. The molecule has 0 radical (unpaired) electrons. The Hall–Kier alpha value is -1.15. The zero-order valence-electron chi connectivity index (χ0n) is 7.00. The van der Waals surface area contributed by atoms with E-state index in [-0.39, 0.29) is 12.3 Å². The van der Waals surface area contributed by atoms with Crippen LogP contribution in [0.25, 0.3) is 0 Å². The van der Waals surface area contributed by atoms with E-state index in [1.165, 1.54) is 0 Å². The van der Waals surface area contributed by atoms with Gasteiger partial charge in [-0.15, -0.1) is 11.6 Å². The predicted molar refractivity (Wildman–Crippen MR) is 51.1 cm³/mol. The summed E-state index contributed by atoms with van der Waals surface area (Å²) in [6, 6.07) is 8.48. The summed E-state index contributed by atoms with van der Waals surface area (Å²) in [5, 5.41) is 0. The zero-order valence-corrected chi connectivity index (χ0v) is 7.75. The third-order valence-corrected chi connectivity index (χ3v) is 1.80. The molecule has 0 N–H and O–H groups in total. The fraction of sp³-hybridized carbons (Fsp3) is 0.200. The monoisotopic (exact) mass is 196 g/mol. The highest BCUT2D eigenvalue weighted by molar-refractivity contribution is 6.44. The van der Waals surface area contributed by atoms with Crippen molar-refractivity contribution in [3.63, 3.8) is 0 Å². The van der Waals surface area contributed by atoms with Crippen LogP contribution in [0.15, 0.2) is 30.3 Å². The summed E-state index contributed by atoms with van der Waals surface area (Å²) in [5.41, 5.74) is 0.428. The van der Waals surface area contributed by atoms with E-state index >= 15 is 0 Å². The topological polar surface area (TPSA) is 34.1 Å². The molecule has 1 rings (SSSR count). The number of alkyl halides is 1. The van der Waals surface area contributed by atoms with Crippen molar-refractivity contribution in [1.29, 1.82) is 0 Å². The second-order valence-corrected chi connectivity index (χ2v) is 2.94. The van der Waals surface area contributed by atoms with E-state index in [1.54, 1.807) is 30.3 Å². The maximum atomic E-state index is 11.3. The molecule has 0 fully saturated rings. The molecular formula is C10H9ClO2. The van der Waals surface area contributed by atoms with Crippen LogP contribution in [0.4, 0.5) is 0 Å². The molecule has 1 aromatic rings. The Balaban J connectivity index is 2.74. The van der Waals surface area contributed by atoms with Gasteiger partial charge in [0.1, 0.15) is 0 Å². The average molecular weight is 197 g/mol. The first-order chi connectivity index (χ1) is 6.25. The number of hydrogen-bond donors (Lipinski definition) is 0. The molecule has 0 atom stereocenters. The first-order valence-corrected chi connectivity index (χ1v) is 4.47. The molecule has 0 amide bonds. The van der Waals surface area contributed by atoms with E-state index < -0.39 is 11.6 Å². The highest BCUT2D eigenvalue weighted by atomic mass is 35.5. The molecule has 0 saturated heterocycles. The fourth-order valence-corrected chi connectivity index (χ4v) is 1.12. The Morgan fingerprint density at radius 1 is 1.15 bits per heavy atom. The van der Waals surface area contributed by atoms with Gasteiger partial charge in [0.15, 0.2) is 0 Å². The maximum Gasteiger partial charge on any atom is 0.228 e. The minimum atomic E-state index is -0.457. The molecule has 3 heteroatoms. The quantitative estimate of drug-likeness (QED) is 0.420. The van der Waals surface area contributed by atoms with Crippen LogP contribution in [0, 0.1) is 0 Å². The Morgan fingerprint density at radius 2 is 1.77 bits per heavy atom. The first kappa shape index (κ1) is 9.93. The predicted octanol–water partition coefficient (Wildman–Crippen LogP) is 2.07. The van der Waals surface area contributed by atoms with E-state index in [2.05, 4.69) is 0 Å². The first-order valence-electron chi connectivity index (χ1n) is 3.94. The van der Waals surface area contributed by atoms with Crippen molar-refractivity contribution in [2.75, 3.05) is 5.88 Å². The molecule has 0 unspecified atom stereocenters. The van der Waals surface area contributed by atoms with Crippen LogP contribution in [0.1, 0.15) is 16.8 Å². The van der Waals surface area contributed by atoms with Crippen molar-refractivity contribution >= 4 is 23.2 Å². The standard InChI is InChI=1S/C10H9ClO2/c11-7-6-9(12)10(13)8-4-2-1-3-5-8/h1-5H,6-7H2. The van der Waals surface area contributed by atoms with Gasteiger partial charge in [-0.1, -0.05) is 30.3 Å². The number of carbonyl (C=O) groups excluding carboxylic acids is 2. The van der Waals surface area contributed by atoms with Gasteiger partial charge in [0.25, 0.3) is 0 Å². The van der Waals surface area contributed by atoms with E-state index in [1.807, 2.05) is 0 Å². The van der Waals surface area contributed by atoms with Crippen LogP contribution >= 0.6 is 11.6 Å². The van der Waals surface area contributed by atoms with Gasteiger partial charge in [-0.25, -0.2) is 0 Å². The third-order valence-electron chi connectivity index (χ3n) is 1.61. The van der Waals surface area contributed by atoms with Crippen molar-refractivity contribution < 1.29 is 9.59 Å². The van der Waals surface area contributed by atoms with Crippen LogP contribution in [-0.4, -0.2) is 17.4 Å². The third kappa shape index (κ3) is 2.67. The SMILES string of the molecule is O=C(CCCl)C(=O)c1ccccc1. The van der Waals surface area contributed by atoms with Gasteiger partial charge in [0.2, 0.25) is 11.6 Å². The summed E-state index contributed by atoms with van der Waals surface area (Å²) in [7, 11) is 0. The van der Waals surface area contributed by atoms with E-state index in [9.17, 15) is 9.59 Å². The lowest BCUT2D eigenvalue weighted by atomic mass is 10.1. The molecule has 0 spiro atoms. The van der Waals surface area contributed by atoms with Gasteiger partial charge < -0.3 is 0 Å². The summed E-state index contributed by atoms with van der Waals surface area (Å²) in [4.78, 5) is 22.4. The number of hydrogen-bond acceptors (Lipinski definition) is 2. The number of ketones is 2. The molecule has 0 aliphatic carbocycles. The van der Waals surface area contributed by atoms with E-state index in [0.29, 0.717) is 5.56 Å². The number of benzene rings is 1. The van der Waals surface area contributed by atoms with E-state index in [4.69, 9.17) is 11.6 Å². The lowest BCUT2D eigenvalue weighted by Gasteiger charge is -1.96. The van der Waals surface area contributed by atoms with Crippen molar-refractivity contribution in [1.82, 2.24) is 0 Å². The van der Waals surface area contributed by atoms with Crippen molar-refractivity contribution in [2.24, 2.45) is 0 Å². The zero-order chi connectivity index (χ0) is 9.68. The lowest BCUT2D eigenvalue weighted by molar-refractivity contribution is -0.114. The Labute approximate surface area is 81.5 Å². The largest absolute Gasteiger partial charge is 0.290 e. The van der Waals surface area contributed by atoms with Crippen LogP contribution in [0.2, 0.25) is 0 Å². The second-order valence-electron chi connectivity index (χ2n) is 2.56. The van der Waals surface area contributed by atoms with Gasteiger partial charge in [0.05, 0.1) is 0 Å². The second kappa shape index (κ2) is 4.77. The fourth-order valence-electron chi connectivity index (χ4n) is 0.950. The number of halogens is 1. The van der Waals surface area contributed by atoms with Crippen LogP contribution in [0.5, 0.6) is 0 Å². The Kier molecular flexibility index (Phi) is 3.65. The van der Waals surface area contributed by atoms with Crippen LogP contribution in [-0.2, 0) is 4.79 Å². The van der Waals surface area contributed by atoms with Gasteiger partial charge >= 0.3 is 0 Å². The normalized spacial score (nSPS) is 9.62. The highest BCUT2D eigenvalue weighted by Crippen LogP contribution is 2.02. The summed E-state index contributed by atoms with van der Waals surface area (Å²) < 4.78 is 0. The van der Waals surface area contributed by atoms with Gasteiger partial charge in [-0.3, -0.25) is 9.59 Å². The Morgan fingerprint density at radius 3 is 2.31 bits per heavy atom. The molecule has 0 bridgehead atoms. The molecule has 1 aromatic carbocycles. The van der Waals surface area contributed by atoms with Crippen LogP contribution < -0.4 is 0 Å². The molecule has 0 saturated carbocycles. The van der Waals surface area contributed by atoms with Crippen LogP contribution in [0.3, 0.4) is 0 Å². The number of carbonyl (C=O) groups is 2. The molecule has 0 aliphatic heterocycles. The highest BCUT2D eigenvalue weighted by Gasteiger charge is 2.14. The molecular weight excluding hydrogens is 188 g/mol. The summed E-state index contributed by atoms with van der Waals surface area (Å²) in [5.74, 6) is -0.695. The molecule has 0 aliphatic rings. The van der Waals surface area contributed by atoms with Gasteiger partial charge in [0, 0.05) is 17.9 Å². The average Bonchev–Trinajstić information content (AvgIpc) is 2.18. The number of Topliss-reactive ketones (excluding diaryl/α,β-unsaturated/α-hetero) is 2. The minimum absolute atomic E-state index is 0.106. The Bertz CT molecular complexity index is 306. The summed E-state index contributed by atoms with van der Waals surface area (Å²) in [6.45, 7) is 0. The van der Waals surface area contributed by atoms with Gasteiger partial charge in [-0.2, -0.15) is 0 Å². The van der Waals surface area contributed by atoms with Crippen molar-refractivity contribution in [3.8, 4) is 0 Å². The van der Waals surface area contributed by atoms with Gasteiger partial charge in [-0.05, 0) is 0 Å². The molecule has 0 aromatic heterocycles. The minimum Gasteiger partial charge on any atom is -0.290 e.